The lowest BCUT2D eigenvalue weighted by atomic mass is 10.0. The van der Waals surface area contributed by atoms with E-state index in [0.29, 0.717) is 10.7 Å². The first-order valence-electron chi connectivity index (χ1n) is 13.9. The summed E-state index contributed by atoms with van der Waals surface area (Å²) in [5, 5.41) is 0. The monoisotopic (exact) mass is 606 g/mol. The lowest BCUT2D eigenvalue weighted by Crippen LogP contribution is -2.31. The molecule has 0 atom stereocenters. The number of hydrogen-bond donors (Lipinski definition) is 0. The molecule has 0 aliphatic carbocycles. The van der Waals surface area contributed by atoms with Gasteiger partial charge in [0.1, 0.15) is 13.2 Å². The summed E-state index contributed by atoms with van der Waals surface area (Å²) in [6, 6.07) is -1.47. The van der Waals surface area contributed by atoms with Crippen molar-refractivity contribution in [3.63, 3.8) is 0 Å². The van der Waals surface area contributed by atoms with Crippen molar-refractivity contribution in [1.29, 1.82) is 0 Å². The molecule has 10 nitrogen and oxygen atoms in total. The minimum atomic E-state index is -4.74. The second-order valence-electron chi connectivity index (χ2n) is 9.70. The Bertz CT molecular complexity index is 873. The van der Waals surface area contributed by atoms with Crippen molar-refractivity contribution in [3.8, 4) is 0 Å². The Labute approximate surface area is 234 Å². The number of nitrogens with zero attached hydrogens (tertiary/aromatic N) is 2. The molecule has 0 amide bonds. The van der Waals surface area contributed by atoms with E-state index in [1.54, 1.807) is 0 Å². The summed E-state index contributed by atoms with van der Waals surface area (Å²) in [6.45, 7) is -0.492. The zero-order valence-electron chi connectivity index (χ0n) is 23.6. The van der Waals surface area contributed by atoms with Gasteiger partial charge in [0.15, 0.2) is 0 Å². The summed E-state index contributed by atoms with van der Waals surface area (Å²) in [7, 11) is -6.32. The molecule has 0 unspecified atom stereocenters. The van der Waals surface area contributed by atoms with Crippen LogP contribution in [0.4, 0.5) is 8.28 Å². The predicted molar refractivity (Wildman–Crippen MR) is 146 cm³/mol. The molecule has 232 valence electrons. The molecule has 14 heteroatoms. The fourth-order valence-electron chi connectivity index (χ4n) is 3.71. The Morgan fingerprint density at radius 3 is 1.21 bits per heavy atom. The fourth-order valence-corrected chi connectivity index (χ4v) is 4.52. The number of likely N-dealkylation sites (N-methyl/N-ethyl adjacent to an activating group) is 2. The molecule has 0 radical (unpaired) electrons. The first kappa shape index (κ1) is 37.6. The van der Waals surface area contributed by atoms with Crippen LogP contribution < -0.4 is 0 Å². The molecule has 0 aromatic carbocycles. The van der Waals surface area contributed by atoms with Gasteiger partial charge in [-0.3, -0.25) is 9.59 Å². The molecule has 0 spiro atoms. The van der Waals surface area contributed by atoms with E-state index in [0.717, 1.165) is 62.7 Å². The highest BCUT2D eigenvalue weighted by Gasteiger charge is 2.17. The van der Waals surface area contributed by atoms with E-state index >= 15 is 0 Å². The highest BCUT2D eigenvalue weighted by Crippen LogP contribution is 2.14. The molecule has 0 saturated heterocycles. The fraction of sp³-hybridized carbons (Fsp3) is 0.920. The quantitative estimate of drug-likeness (QED) is 0.0791. The number of carbonyl (C=O) groups excluding carboxylic acids is 2. The van der Waals surface area contributed by atoms with Gasteiger partial charge in [0.25, 0.3) is 0 Å². The third-order valence-electron chi connectivity index (χ3n) is 6.34. The highest BCUT2D eigenvalue weighted by atomic mass is 32.3. The van der Waals surface area contributed by atoms with Gasteiger partial charge in [-0.05, 0) is 12.8 Å². The van der Waals surface area contributed by atoms with E-state index in [1.165, 1.54) is 45.6 Å². The van der Waals surface area contributed by atoms with Crippen LogP contribution >= 0.6 is 0 Å². The Kier molecular flexibility index (Phi) is 21.5. The molecule has 0 fully saturated rings. The minimum absolute atomic E-state index is 0.0564. The lowest BCUT2D eigenvalue weighted by molar-refractivity contribution is -0.144. The van der Waals surface area contributed by atoms with Crippen molar-refractivity contribution in [1.82, 2.24) is 8.61 Å². The maximum Gasteiger partial charge on any atom is 0.374 e. The lowest BCUT2D eigenvalue weighted by Gasteiger charge is -2.14. The van der Waals surface area contributed by atoms with Gasteiger partial charge in [0, 0.05) is 33.5 Å². The smallest absolute Gasteiger partial charge is 0.374 e. The van der Waals surface area contributed by atoms with E-state index in [1.807, 2.05) is 0 Å². The molecule has 0 aromatic rings. The van der Waals surface area contributed by atoms with Crippen molar-refractivity contribution in [2.24, 2.45) is 0 Å². The van der Waals surface area contributed by atoms with Crippen LogP contribution in [0.2, 0.25) is 0 Å². The number of halogens is 2. The van der Waals surface area contributed by atoms with Gasteiger partial charge in [-0.2, -0.15) is 17.0 Å². The molecule has 0 aliphatic heterocycles. The topological polar surface area (TPSA) is 127 Å². The molecule has 0 N–H and O–H groups in total. The maximum atomic E-state index is 12.6. The van der Waals surface area contributed by atoms with Crippen molar-refractivity contribution in [2.45, 2.75) is 103 Å². The maximum absolute atomic E-state index is 12.6. The second kappa shape index (κ2) is 22.3. The number of unbranched alkanes of at least 4 members (excludes halogenated alkanes) is 13. The zero-order valence-corrected chi connectivity index (χ0v) is 25.2. The zero-order chi connectivity index (χ0) is 29.6. The molecule has 0 rings (SSSR count). The molecule has 39 heavy (non-hydrogen) atoms. The summed E-state index contributed by atoms with van der Waals surface area (Å²) in [5.41, 5.74) is 0. The van der Waals surface area contributed by atoms with Crippen LogP contribution in [0.5, 0.6) is 0 Å². The molecule has 0 saturated carbocycles. The molecule has 0 aromatic heterocycles. The predicted octanol–water partition coefficient (Wildman–Crippen LogP) is 4.65. The van der Waals surface area contributed by atoms with Crippen LogP contribution in [-0.2, 0) is 39.5 Å². The number of ether oxygens (including phenoxy) is 2. The average molecular weight is 607 g/mol. The molecule has 0 heterocycles. The van der Waals surface area contributed by atoms with Crippen molar-refractivity contribution in [2.75, 3.05) is 46.4 Å². The van der Waals surface area contributed by atoms with Gasteiger partial charge in [0.2, 0.25) is 16.0 Å². The Morgan fingerprint density at radius 2 is 0.897 bits per heavy atom. The van der Waals surface area contributed by atoms with Crippen LogP contribution in [0.1, 0.15) is 103 Å². The van der Waals surface area contributed by atoms with Gasteiger partial charge >= 0.3 is 22.3 Å². The Morgan fingerprint density at radius 1 is 0.590 bits per heavy atom. The average Bonchev–Trinajstić information content (AvgIpc) is 2.87. The first-order chi connectivity index (χ1) is 18.4. The van der Waals surface area contributed by atoms with Gasteiger partial charge in [-0.1, -0.05) is 80.9 Å². The molecule has 0 aliphatic rings. The summed E-state index contributed by atoms with van der Waals surface area (Å²) >= 11 is 0. The van der Waals surface area contributed by atoms with Gasteiger partial charge in [-0.15, -0.1) is 0 Å². The first-order valence-corrected chi connectivity index (χ1v) is 16.8. The number of hydrogen-bond acceptors (Lipinski definition) is 8. The summed E-state index contributed by atoms with van der Waals surface area (Å²) in [5.74, 6) is -0.756. The van der Waals surface area contributed by atoms with Crippen molar-refractivity contribution < 1.29 is 44.2 Å². The van der Waals surface area contributed by atoms with Crippen molar-refractivity contribution >= 4 is 32.4 Å². The van der Waals surface area contributed by atoms with Crippen LogP contribution in [0, 0.1) is 0 Å². The standard InChI is InChI=1S/C25H48F2N2O8S2/c1-28(38(32,33)23-26)19-21-36-24(30)17-15-13-11-9-7-5-3-4-6-8-10-12-14-16-18-25(31)37-22-20-29(2)39(27,34)35/h3-23H2,1-2H3. The van der Waals surface area contributed by atoms with Crippen molar-refractivity contribution in [3.05, 3.63) is 0 Å². The summed E-state index contributed by atoms with van der Waals surface area (Å²) in [4.78, 5) is 23.3. The number of rotatable bonds is 26. The van der Waals surface area contributed by atoms with E-state index in [9.17, 15) is 34.7 Å². The van der Waals surface area contributed by atoms with Gasteiger partial charge in [-0.25, -0.2) is 12.8 Å². The van der Waals surface area contributed by atoms with Crippen LogP contribution in [0.25, 0.3) is 0 Å². The molecular weight excluding hydrogens is 558 g/mol. The summed E-state index contributed by atoms with van der Waals surface area (Å²) in [6.07, 6.45) is 15.5. The van der Waals surface area contributed by atoms with Gasteiger partial charge < -0.3 is 9.47 Å². The Hall–Kier alpha value is -1.38. The van der Waals surface area contributed by atoms with E-state index in [-0.39, 0.29) is 38.7 Å². The number of esters is 2. The van der Waals surface area contributed by atoms with Gasteiger partial charge in [0.05, 0.1) is 6.54 Å². The van der Waals surface area contributed by atoms with Crippen LogP contribution in [0.3, 0.4) is 0 Å². The van der Waals surface area contributed by atoms with Crippen LogP contribution in [0.15, 0.2) is 0 Å². The normalized spacial score (nSPS) is 12.3. The summed E-state index contributed by atoms with van der Waals surface area (Å²) < 4.78 is 79.9. The second-order valence-corrected chi connectivity index (χ2v) is 13.1. The molecular formula is C25H48F2N2O8S2. The largest absolute Gasteiger partial charge is 0.464 e. The number of carbonyl (C=O) groups is 2. The van der Waals surface area contributed by atoms with Crippen LogP contribution in [-0.4, -0.2) is 83.8 Å². The van der Waals surface area contributed by atoms with E-state index in [4.69, 9.17) is 9.47 Å². The number of alkyl halides is 1. The third-order valence-corrected chi connectivity index (χ3v) is 8.67. The Balaban J connectivity index is 3.40. The van der Waals surface area contributed by atoms with E-state index < -0.39 is 32.4 Å². The molecule has 0 bridgehead atoms. The minimum Gasteiger partial charge on any atom is -0.464 e. The third kappa shape index (κ3) is 22.0. The SMILES string of the molecule is CN(CCOC(=O)CCCCCCCCCCCCCCCCC(=O)OCCN(C)S(=O)(=O)CF)S(=O)(=O)F. The highest BCUT2D eigenvalue weighted by molar-refractivity contribution is 7.88. The number of sulfonamides is 1. The van der Waals surface area contributed by atoms with E-state index in [2.05, 4.69) is 0 Å².